The smallest absolute Gasteiger partial charge is 0.0547 e. The van der Waals surface area contributed by atoms with Crippen molar-refractivity contribution in [2.45, 2.75) is 19.3 Å². The Balaban J connectivity index is 1.23. The SMILES string of the molecule is CC1(C)c2ccccc2-c2cc(-n3c4ccccc4c4c(-c5ccc6c7ccccc7n(-c7ccccc7)c6c5)cccc43)ccc21. The highest BCUT2D eigenvalue weighted by Crippen LogP contribution is 2.49. The van der Waals surface area contributed by atoms with Gasteiger partial charge in [0.25, 0.3) is 0 Å². The molecule has 0 spiro atoms. The average molecular weight is 601 g/mol. The van der Waals surface area contributed by atoms with Crippen LogP contribution in [0.5, 0.6) is 0 Å². The van der Waals surface area contributed by atoms with Crippen molar-refractivity contribution >= 4 is 43.6 Å². The van der Waals surface area contributed by atoms with Crippen molar-refractivity contribution < 1.29 is 0 Å². The highest BCUT2D eigenvalue weighted by Gasteiger charge is 2.35. The number of rotatable bonds is 3. The van der Waals surface area contributed by atoms with Gasteiger partial charge in [0.05, 0.1) is 22.1 Å². The lowest BCUT2D eigenvalue weighted by molar-refractivity contribution is 0.660. The molecule has 0 N–H and O–H groups in total. The molecule has 2 heteroatoms. The van der Waals surface area contributed by atoms with E-state index in [0.717, 1.165) is 0 Å². The quantitative estimate of drug-likeness (QED) is 0.191. The summed E-state index contributed by atoms with van der Waals surface area (Å²) >= 11 is 0. The molecule has 9 aromatic rings. The van der Waals surface area contributed by atoms with Crippen LogP contribution in [0.25, 0.3) is 77.2 Å². The predicted octanol–water partition coefficient (Wildman–Crippen LogP) is 11.9. The van der Waals surface area contributed by atoms with Crippen LogP contribution in [0.3, 0.4) is 0 Å². The van der Waals surface area contributed by atoms with E-state index in [-0.39, 0.29) is 5.41 Å². The van der Waals surface area contributed by atoms with Gasteiger partial charge in [0.2, 0.25) is 0 Å². The van der Waals surface area contributed by atoms with Crippen molar-refractivity contribution in [2.75, 3.05) is 0 Å². The molecular formula is C45H32N2. The molecule has 0 radical (unpaired) electrons. The van der Waals surface area contributed by atoms with Crippen LogP contribution in [0.2, 0.25) is 0 Å². The van der Waals surface area contributed by atoms with Crippen LogP contribution in [0.4, 0.5) is 0 Å². The van der Waals surface area contributed by atoms with Crippen LogP contribution in [0, 0.1) is 0 Å². The normalized spacial score (nSPS) is 13.5. The summed E-state index contributed by atoms with van der Waals surface area (Å²) in [5.74, 6) is 0. The molecular weight excluding hydrogens is 569 g/mol. The molecule has 0 amide bonds. The second-order valence-electron chi connectivity index (χ2n) is 13.4. The fourth-order valence-corrected chi connectivity index (χ4v) is 8.38. The molecule has 2 aromatic heterocycles. The van der Waals surface area contributed by atoms with Crippen molar-refractivity contribution in [1.29, 1.82) is 0 Å². The monoisotopic (exact) mass is 600 g/mol. The fourth-order valence-electron chi connectivity index (χ4n) is 8.38. The van der Waals surface area contributed by atoms with Crippen LogP contribution < -0.4 is 0 Å². The first kappa shape index (κ1) is 26.4. The van der Waals surface area contributed by atoms with Gasteiger partial charge in [-0.1, -0.05) is 123 Å². The summed E-state index contributed by atoms with van der Waals surface area (Å²) in [5, 5.41) is 5.09. The Kier molecular flexibility index (Phi) is 5.37. The lowest BCUT2D eigenvalue weighted by Gasteiger charge is -2.21. The van der Waals surface area contributed by atoms with E-state index in [0.29, 0.717) is 0 Å². The Labute approximate surface area is 273 Å². The maximum Gasteiger partial charge on any atom is 0.0547 e. The summed E-state index contributed by atoms with van der Waals surface area (Å²) in [6.45, 7) is 4.69. The van der Waals surface area contributed by atoms with E-state index in [9.17, 15) is 0 Å². The minimum atomic E-state index is -0.0146. The van der Waals surface area contributed by atoms with Crippen LogP contribution in [0.15, 0.2) is 158 Å². The molecule has 0 unspecified atom stereocenters. The Bertz CT molecular complexity index is 2700. The van der Waals surface area contributed by atoms with Gasteiger partial charge in [-0.2, -0.15) is 0 Å². The van der Waals surface area contributed by atoms with E-state index < -0.39 is 0 Å². The van der Waals surface area contributed by atoms with E-state index in [2.05, 4.69) is 181 Å². The van der Waals surface area contributed by atoms with Crippen molar-refractivity contribution in [1.82, 2.24) is 9.13 Å². The Morgan fingerprint density at radius 1 is 0.383 bits per heavy atom. The molecule has 0 aliphatic heterocycles. The van der Waals surface area contributed by atoms with Crippen LogP contribution in [-0.2, 0) is 5.41 Å². The van der Waals surface area contributed by atoms with Gasteiger partial charge in [-0.15, -0.1) is 0 Å². The summed E-state index contributed by atoms with van der Waals surface area (Å²) in [6.07, 6.45) is 0. The van der Waals surface area contributed by atoms with Gasteiger partial charge in [0.15, 0.2) is 0 Å². The third kappa shape index (κ3) is 3.61. The predicted molar refractivity (Wildman–Crippen MR) is 198 cm³/mol. The van der Waals surface area contributed by atoms with E-state index in [1.165, 1.54) is 88.4 Å². The summed E-state index contributed by atoms with van der Waals surface area (Å²) in [7, 11) is 0. The minimum absolute atomic E-state index is 0.0146. The zero-order valence-corrected chi connectivity index (χ0v) is 26.4. The zero-order valence-electron chi connectivity index (χ0n) is 26.4. The summed E-state index contributed by atoms with van der Waals surface area (Å²) < 4.78 is 4.86. The first-order valence-electron chi connectivity index (χ1n) is 16.5. The van der Waals surface area contributed by atoms with Gasteiger partial charge >= 0.3 is 0 Å². The standard InChI is InChI=1S/C45H32N2/c1-45(2)38-19-9-6-15-33(38)37-28-31(24-26-39(37)45)47-41-21-11-8-17-36(41)44-32(18-12-22-42(44)47)29-23-25-35-34-16-7-10-20-40(34)46(43(35)27-29)30-13-4-3-5-14-30/h3-28H,1-2H3. The molecule has 1 aliphatic carbocycles. The number of aromatic nitrogens is 2. The summed E-state index contributed by atoms with van der Waals surface area (Å²) in [4.78, 5) is 0. The van der Waals surface area contributed by atoms with Crippen LogP contribution >= 0.6 is 0 Å². The van der Waals surface area contributed by atoms with E-state index in [1.54, 1.807) is 0 Å². The highest BCUT2D eigenvalue weighted by molar-refractivity contribution is 6.17. The Morgan fingerprint density at radius 3 is 1.85 bits per heavy atom. The second-order valence-corrected chi connectivity index (χ2v) is 13.4. The van der Waals surface area contributed by atoms with Gasteiger partial charge < -0.3 is 9.13 Å². The second kappa shape index (κ2) is 9.57. The van der Waals surface area contributed by atoms with E-state index in [1.807, 2.05) is 0 Å². The van der Waals surface area contributed by atoms with Crippen molar-refractivity contribution in [2.24, 2.45) is 0 Å². The maximum absolute atomic E-state index is 2.46. The lowest BCUT2D eigenvalue weighted by atomic mass is 9.82. The minimum Gasteiger partial charge on any atom is -0.309 e. The molecule has 2 nitrogen and oxygen atoms in total. The molecule has 0 fully saturated rings. The number of hydrogen-bond donors (Lipinski definition) is 0. The number of nitrogens with zero attached hydrogens (tertiary/aromatic N) is 2. The Hall–Kier alpha value is -5.86. The number of fused-ring (bicyclic) bond motifs is 9. The van der Waals surface area contributed by atoms with Crippen LogP contribution in [-0.4, -0.2) is 9.13 Å². The highest BCUT2D eigenvalue weighted by atomic mass is 15.0. The maximum atomic E-state index is 2.46. The molecule has 7 aromatic carbocycles. The van der Waals surface area contributed by atoms with Crippen molar-refractivity contribution in [3.05, 3.63) is 169 Å². The molecule has 0 bridgehead atoms. The topological polar surface area (TPSA) is 9.86 Å². The summed E-state index contributed by atoms with van der Waals surface area (Å²) in [5.41, 5.74) is 15.2. The Morgan fingerprint density at radius 2 is 1.00 bits per heavy atom. The average Bonchev–Trinajstić information content (AvgIpc) is 3.72. The van der Waals surface area contributed by atoms with Crippen molar-refractivity contribution in [3.63, 3.8) is 0 Å². The van der Waals surface area contributed by atoms with Gasteiger partial charge in [0.1, 0.15) is 0 Å². The largest absolute Gasteiger partial charge is 0.309 e. The first-order chi connectivity index (χ1) is 23.1. The van der Waals surface area contributed by atoms with E-state index >= 15 is 0 Å². The van der Waals surface area contributed by atoms with Crippen LogP contribution in [0.1, 0.15) is 25.0 Å². The summed E-state index contributed by atoms with van der Waals surface area (Å²) in [6, 6.07) is 58.1. The number of hydrogen-bond acceptors (Lipinski definition) is 0. The van der Waals surface area contributed by atoms with Gasteiger partial charge in [0, 0.05) is 38.3 Å². The third-order valence-corrected chi connectivity index (χ3v) is 10.5. The molecule has 47 heavy (non-hydrogen) atoms. The fraction of sp³-hybridized carbons (Fsp3) is 0.0667. The molecule has 0 saturated carbocycles. The molecule has 222 valence electrons. The van der Waals surface area contributed by atoms with Gasteiger partial charge in [-0.3, -0.25) is 0 Å². The molecule has 2 heterocycles. The molecule has 1 aliphatic rings. The lowest BCUT2D eigenvalue weighted by Crippen LogP contribution is -2.14. The van der Waals surface area contributed by atoms with Gasteiger partial charge in [-0.25, -0.2) is 0 Å². The van der Waals surface area contributed by atoms with E-state index in [4.69, 9.17) is 0 Å². The molecule has 0 atom stereocenters. The number of para-hydroxylation sites is 3. The zero-order chi connectivity index (χ0) is 31.3. The molecule has 10 rings (SSSR count). The molecule has 0 saturated heterocycles. The third-order valence-electron chi connectivity index (χ3n) is 10.5. The first-order valence-corrected chi connectivity index (χ1v) is 16.5. The van der Waals surface area contributed by atoms with Crippen molar-refractivity contribution in [3.8, 4) is 33.6 Å². The van der Waals surface area contributed by atoms with Gasteiger partial charge in [-0.05, 0) is 81.9 Å². The number of benzene rings is 7.